The van der Waals surface area contributed by atoms with Crippen LogP contribution in [-0.2, 0) is 10.0 Å². The number of hydrogen-bond acceptors (Lipinski definition) is 4. The minimum Gasteiger partial charge on any atom is -0.322 e. The number of imidazole rings is 1. The average Bonchev–Trinajstić information content (AvgIpc) is 2.87. The normalized spacial score (nSPS) is 11.6. The van der Waals surface area contributed by atoms with Gasteiger partial charge in [0.2, 0.25) is 10.0 Å². The van der Waals surface area contributed by atoms with Crippen LogP contribution in [0.1, 0.15) is 21.5 Å². The van der Waals surface area contributed by atoms with Crippen molar-refractivity contribution in [2.24, 2.45) is 5.14 Å². The van der Waals surface area contributed by atoms with Gasteiger partial charge in [0.15, 0.2) is 0 Å². The fraction of sp³-hybridized carbons (Fsp3) is 0.125. The van der Waals surface area contributed by atoms with Gasteiger partial charge in [0.25, 0.3) is 5.91 Å². The third kappa shape index (κ3) is 3.32. The number of anilines is 1. The zero-order valence-electron chi connectivity index (χ0n) is 13.5. The molecule has 2 aromatic carbocycles. The predicted octanol–water partition coefficient (Wildman–Crippen LogP) is 1.37. The number of aromatic amines is 2. The summed E-state index contributed by atoms with van der Waals surface area (Å²) in [5, 5.41) is 7.89. The molecule has 9 heteroatoms. The smallest absolute Gasteiger partial charge is 0.322 e. The molecule has 0 aliphatic rings. The van der Waals surface area contributed by atoms with Crippen LogP contribution in [0.25, 0.3) is 11.0 Å². The number of carbonyl (C=O) groups excluding carboxylic acids is 1. The second-order valence-electron chi connectivity index (χ2n) is 5.75. The number of nitrogens with two attached hydrogens (primary N) is 1. The first-order chi connectivity index (χ1) is 11.6. The standard InChI is InChI=1S/C16H16N4O4S/c1-8-5-10(6-14(9(8)2)25(17,23)24)15(21)18-11-3-4-12-13(7-11)20-16(22)19-12/h3-7H,1-2H3,(H,18,21)(H2,17,23,24)(H2,19,20,22). The minimum atomic E-state index is -3.93. The molecular formula is C16H16N4O4S. The van der Waals surface area contributed by atoms with E-state index in [1.54, 1.807) is 38.1 Å². The Hall–Kier alpha value is -2.91. The molecule has 1 heterocycles. The van der Waals surface area contributed by atoms with E-state index in [1.807, 2.05) is 0 Å². The van der Waals surface area contributed by atoms with Crippen molar-refractivity contribution >= 4 is 32.7 Å². The van der Waals surface area contributed by atoms with Gasteiger partial charge in [0.1, 0.15) is 0 Å². The first-order valence-corrected chi connectivity index (χ1v) is 8.87. The molecule has 0 atom stereocenters. The molecule has 0 bridgehead atoms. The van der Waals surface area contributed by atoms with Crippen LogP contribution >= 0.6 is 0 Å². The SMILES string of the molecule is Cc1cc(C(=O)Nc2ccc3[nH]c(=O)[nH]c3c2)cc(S(N)(=O)=O)c1C. The summed E-state index contributed by atoms with van der Waals surface area (Å²) < 4.78 is 23.4. The van der Waals surface area contributed by atoms with Crippen LogP contribution < -0.4 is 16.1 Å². The van der Waals surface area contributed by atoms with E-state index in [0.717, 1.165) is 0 Å². The van der Waals surface area contributed by atoms with Crippen LogP contribution in [0.15, 0.2) is 40.0 Å². The van der Waals surface area contributed by atoms with Gasteiger partial charge in [-0.3, -0.25) is 4.79 Å². The van der Waals surface area contributed by atoms with E-state index < -0.39 is 15.9 Å². The minimum absolute atomic E-state index is 0.0805. The van der Waals surface area contributed by atoms with Gasteiger partial charge in [-0.15, -0.1) is 0 Å². The largest absolute Gasteiger partial charge is 0.323 e. The number of sulfonamides is 1. The number of rotatable bonds is 3. The summed E-state index contributed by atoms with van der Waals surface area (Å²) in [6, 6.07) is 7.73. The molecule has 0 saturated heterocycles. The fourth-order valence-corrected chi connectivity index (χ4v) is 3.45. The number of fused-ring (bicyclic) bond motifs is 1. The van der Waals surface area contributed by atoms with Crippen LogP contribution in [0.2, 0.25) is 0 Å². The summed E-state index contributed by atoms with van der Waals surface area (Å²) in [6.07, 6.45) is 0. The molecule has 0 aliphatic heterocycles. The number of aryl methyl sites for hydroxylation is 1. The summed E-state index contributed by atoms with van der Waals surface area (Å²) in [4.78, 5) is 28.9. The van der Waals surface area contributed by atoms with Gasteiger partial charge in [-0.25, -0.2) is 18.4 Å². The third-order valence-electron chi connectivity index (χ3n) is 3.96. The first kappa shape index (κ1) is 16.9. The predicted molar refractivity (Wildman–Crippen MR) is 94.2 cm³/mol. The molecule has 0 aliphatic carbocycles. The van der Waals surface area contributed by atoms with E-state index >= 15 is 0 Å². The maximum atomic E-state index is 12.5. The summed E-state index contributed by atoms with van der Waals surface area (Å²) >= 11 is 0. The molecule has 25 heavy (non-hydrogen) atoms. The third-order valence-corrected chi connectivity index (χ3v) is 5.00. The zero-order chi connectivity index (χ0) is 18.4. The van der Waals surface area contributed by atoms with Gasteiger partial charge >= 0.3 is 5.69 Å². The summed E-state index contributed by atoms with van der Waals surface area (Å²) in [7, 11) is -3.93. The number of benzene rings is 2. The number of hydrogen-bond donors (Lipinski definition) is 4. The number of aromatic nitrogens is 2. The van der Waals surface area contributed by atoms with E-state index in [2.05, 4.69) is 15.3 Å². The van der Waals surface area contributed by atoms with Gasteiger partial charge < -0.3 is 15.3 Å². The van der Waals surface area contributed by atoms with Crippen molar-refractivity contribution < 1.29 is 13.2 Å². The molecule has 0 unspecified atom stereocenters. The monoisotopic (exact) mass is 360 g/mol. The van der Waals surface area contributed by atoms with Crippen LogP contribution in [0.4, 0.5) is 5.69 Å². The highest BCUT2D eigenvalue weighted by Crippen LogP contribution is 2.21. The lowest BCUT2D eigenvalue weighted by Crippen LogP contribution is -2.17. The van der Waals surface area contributed by atoms with Gasteiger partial charge in [-0.1, -0.05) is 0 Å². The average molecular weight is 360 g/mol. The number of nitrogens with one attached hydrogen (secondary N) is 3. The van der Waals surface area contributed by atoms with E-state index in [4.69, 9.17) is 5.14 Å². The van der Waals surface area contributed by atoms with Crippen molar-refractivity contribution in [1.82, 2.24) is 9.97 Å². The maximum Gasteiger partial charge on any atom is 0.323 e. The van der Waals surface area contributed by atoms with Gasteiger partial charge in [-0.2, -0.15) is 0 Å². The molecule has 5 N–H and O–H groups in total. The zero-order valence-corrected chi connectivity index (χ0v) is 14.3. The van der Waals surface area contributed by atoms with Crippen LogP contribution in [0, 0.1) is 13.8 Å². The second kappa shape index (κ2) is 5.87. The van der Waals surface area contributed by atoms with Crippen molar-refractivity contribution in [1.29, 1.82) is 0 Å². The summed E-state index contributed by atoms with van der Waals surface area (Å²) in [6.45, 7) is 3.34. The first-order valence-electron chi connectivity index (χ1n) is 7.32. The van der Waals surface area contributed by atoms with Gasteiger partial charge in [0.05, 0.1) is 15.9 Å². The quantitative estimate of drug-likeness (QED) is 0.560. The van der Waals surface area contributed by atoms with E-state index in [1.165, 1.54) is 6.07 Å². The Morgan fingerprint density at radius 1 is 1.08 bits per heavy atom. The Labute approximate surface area is 143 Å². The molecule has 0 radical (unpaired) electrons. The molecule has 0 fully saturated rings. The second-order valence-corrected chi connectivity index (χ2v) is 7.28. The van der Waals surface area contributed by atoms with Gasteiger partial charge in [0, 0.05) is 11.3 Å². The highest BCUT2D eigenvalue weighted by molar-refractivity contribution is 7.89. The Bertz CT molecular complexity index is 1160. The van der Waals surface area contributed by atoms with E-state index in [9.17, 15) is 18.0 Å². The lowest BCUT2D eigenvalue weighted by molar-refractivity contribution is 0.102. The van der Waals surface area contributed by atoms with Crippen molar-refractivity contribution in [3.8, 4) is 0 Å². The van der Waals surface area contributed by atoms with Crippen molar-refractivity contribution in [3.05, 3.63) is 57.5 Å². The number of H-pyrrole nitrogens is 2. The molecule has 1 aromatic heterocycles. The van der Waals surface area contributed by atoms with Crippen LogP contribution in [0.3, 0.4) is 0 Å². The molecule has 0 saturated carbocycles. The number of amides is 1. The van der Waals surface area contributed by atoms with Gasteiger partial charge in [-0.05, 0) is 55.3 Å². The summed E-state index contributed by atoms with van der Waals surface area (Å²) in [5.74, 6) is -0.481. The topological polar surface area (TPSA) is 138 Å². The molecule has 130 valence electrons. The molecular weight excluding hydrogens is 344 g/mol. The lowest BCUT2D eigenvalue weighted by atomic mass is 10.1. The van der Waals surface area contributed by atoms with E-state index in [0.29, 0.717) is 27.8 Å². The highest BCUT2D eigenvalue weighted by Gasteiger charge is 2.17. The van der Waals surface area contributed by atoms with Crippen molar-refractivity contribution in [3.63, 3.8) is 0 Å². The summed E-state index contributed by atoms with van der Waals surface area (Å²) in [5.41, 5.74) is 2.61. The maximum absolute atomic E-state index is 12.5. The molecule has 3 aromatic rings. The Kier molecular flexibility index (Phi) is 3.97. The number of primary sulfonamides is 1. The number of carbonyl (C=O) groups is 1. The Balaban J connectivity index is 1.97. The van der Waals surface area contributed by atoms with Crippen molar-refractivity contribution in [2.45, 2.75) is 18.7 Å². The van der Waals surface area contributed by atoms with E-state index in [-0.39, 0.29) is 16.1 Å². The van der Waals surface area contributed by atoms with Crippen molar-refractivity contribution in [2.75, 3.05) is 5.32 Å². The Morgan fingerprint density at radius 2 is 1.76 bits per heavy atom. The molecule has 1 amide bonds. The lowest BCUT2D eigenvalue weighted by Gasteiger charge is -2.11. The van der Waals surface area contributed by atoms with Crippen LogP contribution in [0.5, 0.6) is 0 Å². The van der Waals surface area contributed by atoms with Crippen LogP contribution in [-0.4, -0.2) is 24.3 Å². The Morgan fingerprint density at radius 3 is 2.44 bits per heavy atom. The molecule has 8 nitrogen and oxygen atoms in total. The molecule has 0 spiro atoms. The molecule has 3 rings (SSSR count). The fourth-order valence-electron chi connectivity index (χ4n) is 2.57. The highest BCUT2D eigenvalue weighted by atomic mass is 32.2.